The van der Waals surface area contributed by atoms with E-state index in [2.05, 4.69) is 23.2 Å². The Morgan fingerprint density at radius 2 is 1.85 bits per heavy atom. The Morgan fingerprint density at radius 1 is 1.03 bits per heavy atom. The second kappa shape index (κ2) is 8.88. The summed E-state index contributed by atoms with van der Waals surface area (Å²) in [5, 5.41) is 4.52. The van der Waals surface area contributed by atoms with Gasteiger partial charge >= 0.3 is 6.01 Å². The van der Waals surface area contributed by atoms with Crippen molar-refractivity contribution in [3.8, 4) is 28.8 Å². The number of fused-ring (bicyclic) bond motifs is 4. The van der Waals surface area contributed by atoms with Gasteiger partial charge in [0.25, 0.3) is 0 Å². The molecule has 0 amide bonds. The van der Waals surface area contributed by atoms with E-state index in [9.17, 15) is 0 Å². The summed E-state index contributed by atoms with van der Waals surface area (Å²) in [6.07, 6.45) is 0.874. The van der Waals surface area contributed by atoms with Crippen LogP contribution in [-0.2, 0) is 6.42 Å². The fourth-order valence-electron chi connectivity index (χ4n) is 4.59. The van der Waals surface area contributed by atoms with Crippen LogP contribution in [0.5, 0.6) is 17.5 Å². The molecule has 1 fully saturated rings. The minimum Gasteiger partial charge on any atom is -0.486 e. The predicted octanol–water partition coefficient (Wildman–Crippen LogP) is 4.05. The molecule has 9 heteroatoms. The van der Waals surface area contributed by atoms with Gasteiger partial charge in [0.05, 0.1) is 17.0 Å². The standard InChI is InChI=1S/C25H27N5O3S/c1-3-15-13-17(16-5-6-18-19(14-16)33-12-11-32-18)27-24-20(15)21-22(34-24)23(29-25(28-21)31-4-2)30-9-7-26-8-10-30/h5-6,13-14,26H,3-4,7-12H2,1-2H3. The maximum atomic E-state index is 5.80. The van der Waals surface area contributed by atoms with E-state index >= 15 is 0 Å². The van der Waals surface area contributed by atoms with Gasteiger partial charge in [-0.2, -0.15) is 9.97 Å². The fraction of sp³-hybridized carbons (Fsp3) is 0.400. The maximum Gasteiger partial charge on any atom is 0.319 e. The normalized spacial score (nSPS) is 15.8. The molecule has 8 nitrogen and oxygen atoms in total. The monoisotopic (exact) mass is 477 g/mol. The first-order valence-electron chi connectivity index (χ1n) is 11.9. The Labute approximate surface area is 201 Å². The molecule has 5 heterocycles. The van der Waals surface area contributed by atoms with E-state index in [1.165, 1.54) is 5.56 Å². The van der Waals surface area contributed by atoms with Gasteiger partial charge in [0.15, 0.2) is 17.3 Å². The summed E-state index contributed by atoms with van der Waals surface area (Å²) in [5.74, 6) is 2.50. The summed E-state index contributed by atoms with van der Waals surface area (Å²) in [6, 6.07) is 8.64. The molecule has 2 aliphatic rings. The van der Waals surface area contributed by atoms with E-state index in [1.54, 1.807) is 11.3 Å². The largest absolute Gasteiger partial charge is 0.486 e. The van der Waals surface area contributed by atoms with Crippen molar-refractivity contribution in [3.05, 3.63) is 29.8 Å². The third-order valence-corrected chi connectivity index (χ3v) is 7.31. The summed E-state index contributed by atoms with van der Waals surface area (Å²) < 4.78 is 18.3. The number of hydrogen-bond donors (Lipinski definition) is 1. The summed E-state index contributed by atoms with van der Waals surface area (Å²) in [5.41, 5.74) is 4.09. The molecule has 1 aromatic carbocycles. The number of benzene rings is 1. The van der Waals surface area contributed by atoms with Gasteiger partial charge in [0.2, 0.25) is 0 Å². The highest BCUT2D eigenvalue weighted by atomic mass is 32.1. The van der Waals surface area contributed by atoms with Crippen molar-refractivity contribution in [1.29, 1.82) is 0 Å². The van der Waals surface area contributed by atoms with Crippen LogP contribution < -0.4 is 24.4 Å². The average molecular weight is 478 g/mol. The average Bonchev–Trinajstić information content (AvgIpc) is 3.26. The molecule has 34 heavy (non-hydrogen) atoms. The third-order valence-electron chi connectivity index (χ3n) is 6.24. The minimum atomic E-state index is 0.432. The number of anilines is 1. The van der Waals surface area contributed by atoms with E-state index in [4.69, 9.17) is 29.2 Å². The van der Waals surface area contributed by atoms with Gasteiger partial charge in [-0.1, -0.05) is 6.92 Å². The molecule has 0 bridgehead atoms. The Kier molecular flexibility index (Phi) is 5.58. The molecule has 0 saturated carbocycles. The lowest BCUT2D eigenvalue weighted by molar-refractivity contribution is 0.171. The molecule has 1 saturated heterocycles. The van der Waals surface area contributed by atoms with Crippen molar-refractivity contribution in [2.24, 2.45) is 0 Å². The zero-order valence-electron chi connectivity index (χ0n) is 19.4. The zero-order valence-corrected chi connectivity index (χ0v) is 20.2. The molecule has 0 atom stereocenters. The predicted molar refractivity (Wildman–Crippen MR) is 135 cm³/mol. The van der Waals surface area contributed by atoms with Crippen molar-refractivity contribution in [3.63, 3.8) is 0 Å². The Balaban J connectivity index is 1.54. The number of ether oxygens (including phenoxy) is 3. The van der Waals surface area contributed by atoms with E-state index in [0.29, 0.717) is 25.8 Å². The Morgan fingerprint density at radius 3 is 2.65 bits per heavy atom. The number of piperazine rings is 1. The summed E-state index contributed by atoms with van der Waals surface area (Å²) >= 11 is 1.67. The molecule has 3 aromatic heterocycles. The molecule has 1 N–H and O–H groups in total. The van der Waals surface area contributed by atoms with Crippen LogP contribution in [0.3, 0.4) is 0 Å². The van der Waals surface area contributed by atoms with Crippen LogP contribution >= 0.6 is 11.3 Å². The van der Waals surface area contributed by atoms with Gasteiger partial charge in [-0.15, -0.1) is 11.3 Å². The zero-order chi connectivity index (χ0) is 23.1. The number of hydrogen-bond acceptors (Lipinski definition) is 9. The van der Waals surface area contributed by atoms with Crippen LogP contribution in [0.2, 0.25) is 0 Å². The number of rotatable bonds is 5. The third kappa shape index (κ3) is 3.69. The molecule has 0 spiro atoms. The lowest BCUT2D eigenvalue weighted by Crippen LogP contribution is -2.44. The number of aromatic nitrogens is 3. The Bertz CT molecular complexity index is 1370. The van der Waals surface area contributed by atoms with E-state index in [0.717, 1.165) is 81.6 Å². The number of aryl methyl sites for hydroxylation is 1. The smallest absolute Gasteiger partial charge is 0.319 e. The number of thiophene rings is 1. The van der Waals surface area contributed by atoms with Crippen molar-refractivity contribution < 1.29 is 14.2 Å². The van der Waals surface area contributed by atoms with E-state index in [1.807, 2.05) is 25.1 Å². The molecule has 176 valence electrons. The molecule has 0 unspecified atom stereocenters. The summed E-state index contributed by atoms with van der Waals surface area (Å²) in [4.78, 5) is 18.0. The van der Waals surface area contributed by atoms with Gasteiger partial charge < -0.3 is 24.4 Å². The van der Waals surface area contributed by atoms with Crippen molar-refractivity contribution in [2.75, 3.05) is 50.9 Å². The number of nitrogens with one attached hydrogen (secondary N) is 1. The van der Waals surface area contributed by atoms with Crippen LogP contribution in [0.1, 0.15) is 19.4 Å². The highest BCUT2D eigenvalue weighted by Crippen LogP contribution is 2.42. The van der Waals surface area contributed by atoms with Crippen LogP contribution in [0, 0.1) is 0 Å². The molecule has 6 rings (SSSR count). The lowest BCUT2D eigenvalue weighted by atomic mass is 10.0. The van der Waals surface area contributed by atoms with Gasteiger partial charge in [-0.05, 0) is 43.2 Å². The van der Waals surface area contributed by atoms with Crippen LogP contribution in [0.25, 0.3) is 31.7 Å². The van der Waals surface area contributed by atoms with Gasteiger partial charge in [-0.25, -0.2) is 4.98 Å². The van der Waals surface area contributed by atoms with Crippen molar-refractivity contribution >= 4 is 37.6 Å². The first-order chi connectivity index (χ1) is 16.7. The van der Waals surface area contributed by atoms with Gasteiger partial charge in [0, 0.05) is 37.1 Å². The molecule has 4 aromatic rings. The lowest BCUT2D eigenvalue weighted by Gasteiger charge is -2.28. The summed E-state index contributed by atoms with van der Waals surface area (Å²) in [7, 11) is 0. The quantitative estimate of drug-likeness (QED) is 0.461. The SMILES string of the molecule is CCOc1nc(N2CCNCC2)c2sc3nc(-c4ccc5c(c4)OCCO5)cc(CC)c3c2n1. The second-order valence-corrected chi connectivity index (χ2v) is 9.34. The Hall–Kier alpha value is -3.17. The first kappa shape index (κ1) is 21.4. The number of pyridine rings is 1. The van der Waals surface area contributed by atoms with Crippen LogP contribution in [0.15, 0.2) is 24.3 Å². The van der Waals surface area contributed by atoms with Crippen LogP contribution in [0.4, 0.5) is 5.82 Å². The highest BCUT2D eigenvalue weighted by Gasteiger charge is 2.23. The van der Waals surface area contributed by atoms with Crippen molar-refractivity contribution in [1.82, 2.24) is 20.3 Å². The molecular weight excluding hydrogens is 450 g/mol. The van der Waals surface area contributed by atoms with Gasteiger partial charge in [-0.3, -0.25) is 0 Å². The topological polar surface area (TPSA) is 81.6 Å². The van der Waals surface area contributed by atoms with Crippen molar-refractivity contribution in [2.45, 2.75) is 20.3 Å². The van der Waals surface area contributed by atoms with E-state index in [-0.39, 0.29) is 0 Å². The minimum absolute atomic E-state index is 0.432. The molecule has 2 aliphatic heterocycles. The first-order valence-corrected chi connectivity index (χ1v) is 12.7. The molecule has 0 aliphatic carbocycles. The summed E-state index contributed by atoms with van der Waals surface area (Å²) in [6.45, 7) is 9.50. The van der Waals surface area contributed by atoms with E-state index < -0.39 is 0 Å². The number of nitrogens with zero attached hydrogens (tertiary/aromatic N) is 4. The van der Waals surface area contributed by atoms with Crippen LogP contribution in [-0.4, -0.2) is 61.0 Å². The van der Waals surface area contributed by atoms with Gasteiger partial charge in [0.1, 0.15) is 23.6 Å². The second-order valence-electron chi connectivity index (χ2n) is 8.34. The fourth-order valence-corrected chi connectivity index (χ4v) is 5.77. The highest BCUT2D eigenvalue weighted by molar-refractivity contribution is 7.26. The maximum absolute atomic E-state index is 5.80. The molecular formula is C25H27N5O3S. The molecule has 0 radical (unpaired) electrons.